The van der Waals surface area contributed by atoms with E-state index in [2.05, 4.69) is 41.2 Å². The van der Waals surface area contributed by atoms with Crippen molar-refractivity contribution in [2.75, 3.05) is 18.1 Å². The highest BCUT2D eigenvalue weighted by atomic mass is 32.1. The van der Waals surface area contributed by atoms with Crippen LogP contribution in [0.3, 0.4) is 0 Å². The van der Waals surface area contributed by atoms with Crippen LogP contribution in [0.25, 0.3) is 0 Å². The molecule has 148 valence electrons. The molecule has 0 aliphatic heterocycles. The van der Waals surface area contributed by atoms with Gasteiger partial charge in [0.15, 0.2) is 0 Å². The SMILES string of the molecule is NC(=O)CCC(N)C(=O)NC(CS)C(=O)NCC(=O)NC(CS)C(=O)O. The molecule has 0 aromatic carbocycles. The van der Waals surface area contributed by atoms with E-state index in [4.69, 9.17) is 16.6 Å². The zero-order valence-electron chi connectivity index (χ0n) is 13.8. The van der Waals surface area contributed by atoms with Crippen LogP contribution in [-0.2, 0) is 24.0 Å². The lowest BCUT2D eigenvalue weighted by molar-refractivity contribution is -0.141. The van der Waals surface area contributed by atoms with E-state index in [1.165, 1.54) is 0 Å². The maximum Gasteiger partial charge on any atom is 0.327 e. The lowest BCUT2D eigenvalue weighted by atomic mass is 10.1. The van der Waals surface area contributed by atoms with Crippen molar-refractivity contribution in [3.63, 3.8) is 0 Å². The minimum absolute atomic E-state index is 0.0186. The highest BCUT2D eigenvalue weighted by Crippen LogP contribution is 1.97. The van der Waals surface area contributed by atoms with Crippen molar-refractivity contribution in [3.8, 4) is 0 Å². The maximum absolute atomic E-state index is 12.0. The number of aliphatic carboxylic acids is 1. The molecule has 0 aromatic rings. The third kappa shape index (κ3) is 9.48. The lowest BCUT2D eigenvalue weighted by Crippen LogP contribution is -2.54. The van der Waals surface area contributed by atoms with E-state index in [0.717, 1.165) is 0 Å². The van der Waals surface area contributed by atoms with Crippen molar-refractivity contribution >= 4 is 54.9 Å². The van der Waals surface area contributed by atoms with E-state index < -0.39 is 54.3 Å². The number of carbonyl (C=O) groups excluding carboxylic acids is 4. The Kier molecular flexibility index (Phi) is 11.4. The standard InChI is InChI=1S/C13H23N5O6S2/c14-6(1-2-9(15)19)11(21)18-7(4-25)12(22)16-3-10(20)17-8(5-26)13(23)24/h6-8,25-26H,1-5,14H2,(H2,15,19)(H,16,22)(H,17,20)(H,18,21)(H,23,24). The summed E-state index contributed by atoms with van der Waals surface area (Å²) >= 11 is 7.74. The number of amides is 4. The summed E-state index contributed by atoms with van der Waals surface area (Å²) in [7, 11) is 0. The molecule has 0 aromatic heterocycles. The van der Waals surface area contributed by atoms with E-state index in [1.807, 2.05) is 0 Å². The number of primary amides is 1. The van der Waals surface area contributed by atoms with Crippen molar-refractivity contribution in [2.24, 2.45) is 11.5 Å². The first kappa shape index (κ1) is 24.0. The minimum atomic E-state index is -1.26. The third-order valence-corrected chi connectivity index (χ3v) is 3.82. The molecule has 0 aliphatic rings. The highest BCUT2D eigenvalue weighted by Gasteiger charge is 2.24. The van der Waals surface area contributed by atoms with Gasteiger partial charge >= 0.3 is 5.97 Å². The molecule has 0 aliphatic carbocycles. The Morgan fingerprint density at radius 2 is 1.54 bits per heavy atom. The molecule has 0 saturated heterocycles. The second-order valence-electron chi connectivity index (χ2n) is 5.21. The topological polar surface area (TPSA) is 194 Å². The third-order valence-electron chi connectivity index (χ3n) is 3.09. The monoisotopic (exact) mass is 409 g/mol. The van der Waals surface area contributed by atoms with E-state index in [1.54, 1.807) is 0 Å². The van der Waals surface area contributed by atoms with Gasteiger partial charge in [0.05, 0.1) is 12.6 Å². The van der Waals surface area contributed by atoms with Gasteiger partial charge in [-0.05, 0) is 6.42 Å². The number of hydrogen-bond acceptors (Lipinski definition) is 8. The number of rotatable bonds is 12. The Labute approximate surface area is 160 Å². The van der Waals surface area contributed by atoms with Crippen LogP contribution in [0.15, 0.2) is 0 Å². The summed E-state index contributed by atoms with van der Waals surface area (Å²) in [5.74, 6) is -4.17. The smallest absolute Gasteiger partial charge is 0.327 e. The number of nitrogens with one attached hydrogen (secondary N) is 3. The second-order valence-corrected chi connectivity index (χ2v) is 5.94. The zero-order valence-corrected chi connectivity index (χ0v) is 15.6. The van der Waals surface area contributed by atoms with Crippen molar-refractivity contribution in [1.29, 1.82) is 0 Å². The Hall–Kier alpha value is -1.99. The average Bonchev–Trinajstić information content (AvgIpc) is 2.59. The number of hydrogen-bond donors (Lipinski definition) is 8. The van der Waals surface area contributed by atoms with E-state index in [-0.39, 0.29) is 24.3 Å². The number of carboxylic acid groups (broad SMARTS) is 1. The largest absolute Gasteiger partial charge is 0.480 e. The van der Waals surface area contributed by atoms with Crippen molar-refractivity contribution in [3.05, 3.63) is 0 Å². The van der Waals surface area contributed by atoms with Gasteiger partial charge in [-0.15, -0.1) is 0 Å². The lowest BCUT2D eigenvalue weighted by Gasteiger charge is -2.19. The molecule has 0 fully saturated rings. The Bertz CT molecular complexity index is 547. The molecule has 0 spiro atoms. The fourth-order valence-corrected chi connectivity index (χ4v) is 2.13. The first-order valence-electron chi connectivity index (χ1n) is 7.48. The molecule has 0 rings (SSSR count). The van der Waals surface area contributed by atoms with Gasteiger partial charge in [0.2, 0.25) is 23.6 Å². The van der Waals surface area contributed by atoms with Gasteiger partial charge in [0.1, 0.15) is 12.1 Å². The van der Waals surface area contributed by atoms with Gasteiger partial charge in [-0.3, -0.25) is 19.2 Å². The van der Waals surface area contributed by atoms with Crippen LogP contribution in [0.1, 0.15) is 12.8 Å². The highest BCUT2D eigenvalue weighted by molar-refractivity contribution is 7.80. The fraction of sp³-hybridized carbons (Fsp3) is 0.615. The summed E-state index contributed by atoms with van der Waals surface area (Å²) in [5, 5.41) is 15.6. The van der Waals surface area contributed by atoms with Crippen molar-refractivity contribution in [1.82, 2.24) is 16.0 Å². The molecule has 0 radical (unpaired) electrons. The maximum atomic E-state index is 12.0. The number of thiol groups is 2. The molecule has 0 bridgehead atoms. The van der Waals surface area contributed by atoms with Gasteiger partial charge in [-0.1, -0.05) is 0 Å². The predicted octanol–water partition coefficient (Wildman–Crippen LogP) is -3.39. The summed E-state index contributed by atoms with van der Waals surface area (Å²) < 4.78 is 0. The summed E-state index contributed by atoms with van der Waals surface area (Å²) in [5.41, 5.74) is 10.6. The van der Waals surface area contributed by atoms with Gasteiger partial charge in [0.25, 0.3) is 0 Å². The zero-order chi connectivity index (χ0) is 20.3. The molecule has 8 N–H and O–H groups in total. The summed E-state index contributed by atoms with van der Waals surface area (Å²) in [6.45, 7) is -0.496. The summed E-state index contributed by atoms with van der Waals surface area (Å²) in [4.78, 5) is 57.0. The van der Waals surface area contributed by atoms with Crippen LogP contribution < -0.4 is 27.4 Å². The Morgan fingerprint density at radius 3 is 2.00 bits per heavy atom. The van der Waals surface area contributed by atoms with E-state index in [0.29, 0.717) is 0 Å². The minimum Gasteiger partial charge on any atom is -0.480 e. The second kappa shape index (κ2) is 12.4. The van der Waals surface area contributed by atoms with Crippen molar-refractivity contribution < 1.29 is 29.1 Å². The van der Waals surface area contributed by atoms with Crippen LogP contribution in [0.2, 0.25) is 0 Å². The first-order valence-corrected chi connectivity index (χ1v) is 8.74. The first-order chi connectivity index (χ1) is 12.1. The molecule has 3 unspecified atom stereocenters. The summed E-state index contributed by atoms with van der Waals surface area (Å²) in [6, 6.07) is -3.29. The number of carbonyl (C=O) groups is 5. The van der Waals surface area contributed by atoms with Crippen molar-refractivity contribution in [2.45, 2.75) is 31.0 Å². The van der Waals surface area contributed by atoms with Crippen LogP contribution >= 0.6 is 25.3 Å². The quantitative estimate of drug-likeness (QED) is 0.154. The van der Waals surface area contributed by atoms with Gasteiger partial charge < -0.3 is 32.5 Å². The Balaban J connectivity index is 4.47. The van der Waals surface area contributed by atoms with Crippen LogP contribution in [-0.4, -0.2) is 70.9 Å². The average molecular weight is 409 g/mol. The molecule has 13 heteroatoms. The normalized spacial score (nSPS) is 13.8. The van der Waals surface area contributed by atoms with Gasteiger partial charge in [-0.25, -0.2) is 4.79 Å². The molecular weight excluding hydrogens is 386 g/mol. The van der Waals surface area contributed by atoms with Crippen LogP contribution in [0.4, 0.5) is 0 Å². The van der Waals surface area contributed by atoms with Gasteiger partial charge in [0, 0.05) is 17.9 Å². The molecule has 4 amide bonds. The van der Waals surface area contributed by atoms with Crippen LogP contribution in [0.5, 0.6) is 0 Å². The predicted molar refractivity (Wildman–Crippen MR) is 98.6 cm³/mol. The molecule has 26 heavy (non-hydrogen) atoms. The number of carboxylic acids is 1. The van der Waals surface area contributed by atoms with Crippen LogP contribution in [0, 0.1) is 0 Å². The number of nitrogens with two attached hydrogens (primary N) is 2. The summed E-state index contributed by atoms with van der Waals surface area (Å²) in [6.07, 6.45) is -0.0623. The van der Waals surface area contributed by atoms with Gasteiger partial charge in [-0.2, -0.15) is 25.3 Å². The fourth-order valence-electron chi connectivity index (χ4n) is 1.62. The molecule has 11 nitrogen and oxygen atoms in total. The van der Waals surface area contributed by atoms with E-state index >= 15 is 0 Å². The molecule has 0 heterocycles. The molecule has 3 atom stereocenters. The Morgan fingerprint density at radius 1 is 0.962 bits per heavy atom. The molecule has 0 saturated carbocycles. The van der Waals surface area contributed by atoms with E-state index in [9.17, 15) is 24.0 Å². The molecular formula is C13H23N5O6S2.